The summed E-state index contributed by atoms with van der Waals surface area (Å²) in [6, 6.07) is 1.87. The lowest BCUT2D eigenvalue weighted by atomic mass is 10.3. The Morgan fingerprint density at radius 3 is 3.18 bits per heavy atom. The molecule has 0 aliphatic heterocycles. The van der Waals surface area contributed by atoms with Gasteiger partial charge in [0.25, 0.3) is 0 Å². The van der Waals surface area contributed by atoms with Crippen LogP contribution in [0.2, 0.25) is 0 Å². The van der Waals surface area contributed by atoms with Crippen molar-refractivity contribution in [3.63, 3.8) is 0 Å². The molecule has 0 amide bonds. The van der Waals surface area contributed by atoms with E-state index in [0.717, 1.165) is 10.9 Å². The van der Waals surface area contributed by atoms with Crippen molar-refractivity contribution in [2.45, 2.75) is 0 Å². The third-order valence-electron chi connectivity index (χ3n) is 1.41. The van der Waals surface area contributed by atoms with E-state index in [0.29, 0.717) is 4.77 Å². The topological polar surface area (TPSA) is 41.6 Å². The van der Waals surface area contributed by atoms with Crippen molar-refractivity contribution in [2.75, 3.05) is 0 Å². The predicted octanol–water partition coefficient (Wildman–Crippen LogP) is 1.69. The van der Waals surface area contributed by atoms with Crippen molar-refractivity contribution < 1.29 is 0 Å². The minimum absolute atomic E-state index is 0.503. The first kappa shape index (κ1) is 6.42. The first-order chi connectivity index (χ1) is 5.36. The molecule has 3 nitrogen and oxygen atoms in total. The molecule has 2 rings (SSSR count). The number of rotatable bonds is 0. The molecule has 0 aromatic carbocycles. The number of aromatic nitrogens is 3. The molecule has 0 aliphatic rings. The van der Waals surface area contributed by atoms with Gasteiger partial charge in [-0.05, 0) is 18.3 Å². The summed E-state index contributed by atoms with van der Waals surface area (Å²) in [5.74, 6) is 0. The fraction of sp³-hybridized carbons (Fsp3) is 0. The third kappa shape index (κ3) is 1.12. The van der Waals surface area contributed by atoms with Crippen LogP contribution in [0.1, 0.15) is 0 Å². The Bertz CT molecular complexity index is 435. The molecule has 4 heteroatoms. The van der Waals surface area contributed by atoms with Crippen molar-refractivity contribution in [1.82, 2.24) is 15.0 Å². The molecule has 2 heterocycles. The molecule has 0 saturated heterocycles. The Balaban J connectivity index is 2.94. The molecular formula is C7H5N3S. The Morgan fingerprint density at radius 2 is 2.27 bits per heavy atom. The van der Waals surface area contributed by atoms with E-state index in [4.69, 9.17) is 12.2 Å². The zero-order valence-corrected chi connectivity index (χ0v) is 6.43. The van der Waals surface area contributed by atoms with Crippen molar-refractivity contribution in [3.05, 3.63) is 29.4 Å². The van der Waals surface area contributed by atoms with Gasteiger partial charge in [-0.2, -0.15) is 0 Å². The van der Waals surface area contributed by atoms with Gasteiger partial charge in [0.1, 0.15) is 0 Å². The molecule has 0 fully saturated rings. The molecule has 54 valence electrons. The van der Waals surface area contributed by atoms with E-state index in [-0.39, 0.29) is 0 Å². The molecule has 2 aromatic heterocycles. The summed E-state index contributed by atoms with van der Waals surface area (Å²) >= 11 is 4.85. The highest BCUT2D eigenvalue weighted by Crippen LogP contribution is 2.05. The first-order valence-electron chi connectivity index (χ1n) is 3.15. The summed E-state index contributed by atoms with van der Waals surface area (Å²) < 4.78 is 0.503. The monoisotopic (exact) mass is 163 g/mol. The number of hydrogen-bond donors (Lipinski definition) is 1. The number of nitrogens with one attached hydrogen (secondary N) is 1. The van der Waals surface area contributed by atoms with Gasteiger partial charge in [0.15, 0.2) is 4.77 Å². The molecule has 0 aliphatic carbocycles. The van der Waals surface area contributed by atoms with Crippen LogP contribution < -0.4 is 0 Å². The van der Waals surface area contributed by atoms with E-state index in [1.165, 1.54) is 0 Å². The zero-order valence-electron chi connectivity index (χ0n) is 5.61. The third-order valence-corrected chi connectivity index (χ3v) is 1.62. The molecular weight excluding hydrogens is 158 g/mol. The minimum atomic E-state index is 0.503. The molecule has 1 N–H and O–H groups in total. The van der Waals surface area contributed by atoms with Gasteiger partial charge in [-0.15, -0.1) is 0 Å². The van der Waals surface area contributed by atoms with E-state index >= 15 is 0 Å². The highest BCUT2D eigenvalue weighted by molar-refractivity contribution is 7.71. The number of hydrogen-bond acceptors (Lipinski definition) is 3. The van der Waals surface area contributed by atoms with Crippen molar-refractivity contribution >= 4 is 23.1 Å². The first-order valence-corrected chi connectivity index (χ1v) is 3.56. The normalized spacial score (nSPS) is 10.2. The van der Waals surface area contributed by atoms with Gasteiger partial charge >= 0.3 is 0 Å². The quantitative estimate of drug-likeness (QED) is 0.601. The lowest BCUT2D eigenvalue weighted by Crippen LogP contribution is -1.83. The summed E-state index contributed by atoms with van der Waals surface area (Å²) in [7, 11) is 0. The average molecular weight is 163 g/mol. The lowest BCUT2D eigenvalue weighted by Gasteiger charge is -1.93. The zero-order chi connectivity index (χ0) is 7.68. The van der Waals surface area contributed by atoms with Gasteiger partial charge in [0.05, 0.1) is 5.52 Å². The summed E-state index contributed by atoms with van der Waals surface area (Å²) in [5, 5.41) is 0.973. The number of fused-ring (bicyclic) bond motifs is 1. The van der Waals surface area contributed by atoms with Gasteiger partial charge in [-0.3, -0.25) is 4.98 Å². The molecule has 0 unspecified atom stereocenters. The smallest absolute Gasteiger partial charge is 0.197 e. The molecule has 0 atom stereocenters. The van der Waals surface area contributed by atoms with Crippen LogP contribution in [0, 0.1) is 4.77 Å². The maximum absolute atomic E-state index is 4.85. The maximum atomic E-state index is 4.85. The lowest BCUT2D eigenvalue weighted by molar-refractivity contribution is 1.17. The van der Waals surface area contributed by atoms with Crippen LogP contribution in [0.25, 0.3) is 10.9 Å². The Labute approximate surface area is 68.1 Å². The highest BCUT2D eigenvalue weighted by atomic mass is 32.1. The molecule has 0 spiro atoms. The standard InChI is InChI=1S/C7H5N3S/c11-7-9-4-5-3-8-2-1-6(5)10-7/h1-4H,(H,9,10,11). The van der Waals surface area contributed by atoms with E-state index in [1.54, 1.807) is 18.6 Å². The Hall–Kier alpha value is -1.29. The number of nitrogens with zero attached hydrogens (tertiary/aromatic N) is 2. The SMILES string of the molecule is S=c1ncc2cnccc2[nH]1. The van der Waals surface area contributed by atoms with Crippen LogP contribution >= 0.6 is 12.2 Å². The predicted molar refractivity (Wildman–Crippen MR) is 44.7 cm³/mol. The van der Waals surface area contributed by atoms with Crippen LogP contribution in [0.3, 0.4) is 0 Å². The second-order valence-corrected chi connectivity index (χ2v) is 2.54. The van der Waals surface area contributed by atoms with E-state index in [9.17, 15) is 0 Å². The van der Waals surface area contributed by atoms with Crippen molar-refractivity contribution in [2.24, 2.45) is 0 Å². The van der Waals surface area contributed by atoms with Crippen LogP contribution in [0.4, 0.5) is 0 Å². The van der Waals surface area contributed by atoms with Crippen LogP contribution in [0.5, 0.6) is 0 Å². The van der Waals surface area contributed by atoms with Crippen molar-refractivity contribution in [3.8, 4) is 0 Å². The van der Waals surface area contributed by atoms with Gasteiger partial charge in [0.2, 0.25) is 0 Å². The maximum Gasteiger partial charge on any atom is 0.197 e. The largest absolute Gasteiger partial charge is 0.330 e. The molecule has 0 bridgehead atoms. The summed E-state index contributed by atoms with van der Waals surface area (Å²) in [4.78, 5) is 10.8. The highest BCUT2D eigenvalue weighted by Gasteiger charge is 1.89. The fourth-order valence-corrected chi connectivity index (χ4v) is 1.06. The summed E-state index contributed by atoms with van der Waals surface area (Å²) in [6.07, 6.45) is 5.17. The average Bonchev–Trinajstić information content (AvgIpc) is 2.04. The Morgan fingerprint density at radius 1 is 1.36 bits per heavy atom. The van der Waals surface area contributed by atoms with E-state index in [1.807, 2.05) is 6.07 Å². The molecule has 0 saturated carbocycles. The van der Waals surface area contributed by atoms with Gasteiger partial charge < -0.3 is 4.98 Å². The fourth-order valence-electron chi connectivity index (χ4n) is 0.899. The molecule has 11 heavy (non-hydrogen) atoms. The van der Waals surface area contributed by atoms with E-state index < -0.39 is 0 Å². The van der Waals surface area contributed by atoms with Crippen LogP contribution in [-0.2, 0) is 0 Å². The Kier molecular flexibility index (Phi) is 1.40. The van der Waals surface area contributed by atoms with Gasteiger partial charge in [-0.25, -0.2) is 4.98 Å². The minimum Gasteiger partial charge on any atom is -0.330 e. The molecule has 2 aromatic rings. The number of aromatic amines is 1. The number of H-pyrrole nitrogens is 1. The van der Waals surface area contributed by atoms with E-state index in [2.05, 4.69) is 15.0 Å². The summed E-state index contributed by atoms with van der Waals surface area (Å²) in [5.41, 5.74) is 0.972. The second kappa shape index (κ2) is 2.39. The van der Waals surface area contributed by atoms with Crippen LogP contribution in [0.15, 0.2) is 24.7 Å². The van der Waals surface area contributed by atoms with Crippen molar-refractivity contribution in [1.29, 1.82) is 0 Å². The van der Waals surface area contributed by atoms with Gasteiger partial charge in [0, 0.05) is 24.0 Å². The second-order valence-electron chi connectivity index (χ2n) is 2.15. The van der Waals surface area contributed by atoms with Crippen LogP contribution in [-0.4, -0.2) is 15.0 Å². The van der Waals surface area contributed by atoms with Gasteiger partial charge in [-0.1, -0.05) is 0 Å². The molecule has 0 radical (unpaired) electrons. The number of pyridine rings is 1. The summed E-state index contributed by atoms with van der Waals surface area (Å²) in [6.45, 7) is 0.